The van der Waals surface area contributed by atoms with Crippen molar-refractivity contribution in [1.82, 2.24) is 19.8 Å². The number of amides is 2. The molecule has 6 aromatic rings. The average Bonchev–Trinajstić information content (AvgIpc) is 3.43. The molecule has 2 aromatic heterocycles. The molecular formula is C36H26F2N6O3. The molecule has 0 saturated heterocycles. The third-order valence-electron chi connectivity index (χ3n) is 8.47. The van der Waals surface area contributed by atoms with Gasteiger partial charge >= 0.3 is 0 Å². The molecule has 0 spiro atoms. The predicted molar refractivity (Wildman–Crippen MR) is 173 cm³/mol. The number of rotatable bonds is 3. The minimum absolute atomic E-state index is 0.130. The molecule has 4 heterocycles. The summed E-state index contributed by atoms with van der Waals surface area (Å²) in [6, 6.07) is 25.3. The Hall–Kier alpha value is -6.28. The van der Waals surface area contributed by atoms with E-state index in [1.54, 1.807) is 48.5 Å². The lowest BCUT2D eigenvalue weighted by Crippen LogP contribution is -2.24. The van der Waals surface area contributed by atoms with Gasteiger partial charge in [-0.15, -0.1) is 0 Å². The number of nitrogens with zero attached hydrogens (tertiary/aromatic N) is 4. The van der Waals surface area contributed by atoms with Crippen molar-refractivity contribution >= 4 is 39.8 Å². The molecule has 0 saturated carbocycles. The third kappa shape index (κ3) is 4.96. The summed E-state index contributed by atoms with van der Waals surface area (Å²) in [6.45, 7) is 2.11. The van der Waals surface area contributed by atoms with E-state index >= 15 is 0 Å². The number of nitrogens with one attached hydrogen (secondary N) is 2. The maximum atomic E-state index is 13.3. The molecule has 47 heavy (non-hydrogen) atoms. The largest absolute Gasteiger partial charge is 0.411 e. The topological polar surface area (TPSA) is 124 Å². The normalized spacial score (nSPS) is 13.8. The van der Waals surface area contributed by atoms with E-state index in [0.717, 1.165) is 44.3 Å². The molecule has 232 valence electrons. The summed E-state index contributed by atoms with van der Waals surface area (Å²) in [5.74, 6) is -0.908. The highest BCUT2D eigenvalue weighted by Gasteiger charge is 2.26. The highest BCUT2D eigenvalue weighted by molar-refractivity contribution is 6.14. The molecule has 11 heteroatoms. The molecule has 0 aliphatic carbocycles. The van der Waals surface area contributed by atoms with Crippen LogP contribution in [0.25, 0.3) is 44.3 Å². The van der Waals surface area contributed by atoms with E-state index in [2.05, 4.69) is 21.9 Å². The van der Waals surface area contributed by atoms with Gasteiger partial charge in [-0.05, 0) is 71.8 Å². The highest BCUT2D eigenvalue weighted by Crippen LogP contribution is 2.37. The monoisotopic (exact) mass is 628 g/mol. The van der Waals surface area contributed by atoms with Crippen LogP contribution in [0.1, 0.15) is 31.8 Å². The number of para-hydroxylation sites is 2. The Kier molecular flexibility index (Phi) is 7.46. The Bertz CT molecular complexity index is 2280. The van der Waals surface area contributed by atoms with E-state index in [1.807, 2.05) is 21.3 Å². The number of hydrogen-bond donors (Lipinski definition) is 3. The number of halogens is 2. The summed E-state index contributed by atoms with van der Waals surface area (Å²) in [4.78, 5) is 24.5. The molecule has 4 aromatic carbocycles. The summed E-state index contributed by atoms with van der Waals surface area (Å²) in [5, 5.41) is 29.2. The summed E-state index contributed by atoms with van der Waals surface area (Å²) in [5.41, 5.74) is 7.00. The number of aromatic nitrogens is 2. The predicted octanol–water partition coefficient (Wildman–Crippen LogP) is 6.06. The first-order chi connectivity index (χ1) is 22.9. The van der Waals surface area contributed by atoms with Crippen LogP contribution >= 0.6 is 0 Å². The minimum atomic E-state index is -0.322. The van der Waals surface area contributed by atoms with Crippen LogP contribution in [0.4, 0.5) is 8.78 Å². The molecule has 0 fully saturated rings. The van der Waals surface area contributed by atoms with Gasteiger partial charge in [0.15, 0.2) is 0 Å². The molecule has 0 atom stereocenters. The zero-order valence-corrected chi connectivity index (χ0v) is 24.8. The van der Waals surface area contributed by atoms with Crippen LogP contribution in [-0.2, 0) is 13.1 Å². The van der Waals surface area contributed by atoms with Crippen molar-refractivity contribution in [3.8, 4) is 28.6 Å². The van der Waals surface area contributed by atoms with E-state index in [9.17, 15) is 23.6 Å². The van der Waals surface area contributed by atoms with Crippen LogP contribution in [0, 0.1) is 23.0 Å². The van der Waals surface area contributed by atoms with Gasteiger partial charge in [0.05, 0.1) is 45.3 Å². The fourth-order valence-electron chi connectivity index (χ4n) is 6.54. The van der Waals surface area contributed by atoms with Crippen molar-refractivity contribution in [1.29, 1.82) is 5.26 Å². The quantitative estimate of drug-likeness (QED) is 0.125. The van der Waals surface area contributed by atoms with Gasteiger partial charge in [-0.3, -0.25) is 9.59 Å². The van der Waals surface area contributed by atoms with Gasteiger partial charge < -0.3 is 25.0 Å². The average molecular weight is 629 g/mol. The second-order valence-electron chi connectivity index (χ2n) is 11.1. The Morgan fingerprint density at radius 2 is 1.21 bits per heavy atom. The maximum Gasteiger partial charge on any atom is 0.253 e. The second kappa shape index (κ2) is 11.9. The summed E-state index contributed by atoms with van der Waals surface area (Å²) >= 11 is 0. The summed E-state index contributed by atoms with van der Waals surface area (Å²) in [7, 11) is 0. The van der Waals surface area contributed by atoms with Crippen LogP contribution in [-0.4, -0.2) is 45.5 Å². The number of carbonyl (C=O) groups is 2. The minimum Gasteiger partial charge on any atom is -0.411 e. The first-order valence-corrected chi connectivity index (χ1v) is 14.9. The molecule has 8 rings (SSSR count). The molecule has 2 aliphatic heterocycles. The molecule has 3 N–H and O–H groups in total. The summed E-state index contributed by atoms with van der Waals surface area (Å²) in [6.07, 6.45) is 1.36. The molecule has 0 radical (unpaired) electrons. The van der Waals surface area contributed by atoms with Crippen LogP contribution in [0.2, 0.25) is 0 Å². The zero-order chi connectivity index (χ0) is 32.7. The van der Waals surface area contributed by atoms with E-state index in [1.165, 1.54) is 30.5 Å². The summed E-state index contributed by atoms with van der Waals surface area (Å²) < 4.78 is 30.5. The van der Waals surface area contributed by atoms with Crippen molar-refractivity contribution in [3.63, 3.8) is 0 Å². The van der Waals surface area contributed by atoms with Crippen molar-refractivity contribution < 1.29 is 23.6 Å². The van der Waals surface area contributed by atoms with E-state index in [4.69, 9.17) is 5.21 Å². The van der Waals surface area contributed by atoms with Crippen molar-refractivity contribution in [3.05, 3.63) is 119 Å². The van der Waals surface area contributed by atoms with Crippen LogP contribution < -0.4 is 10.6 Å². The zero-order valence-electron chi connectivity index (χ0n) is 24.8. The van der Waals surface area contributed by atoms with E-state index in [-0.39, 0.29) is 23.4 Å². The number of oxime groups is 1. The first-order valence-electron chi connectivity index (χ1n) is 14.9. The third-order valence-corrected chi connectivity index (χ3v) is 8.47. The van der Waals surface area contributed by atoms with Gasteiger partial charge in [-0.2, -0.15) is 5.26 Å². The lowest BCUT2D eigenvalue weighted by Gasteiger charge is -2.10. The van der Waals surface area contributed by atoms with Crippen LogP contribution in [0.15, 0.2) is 90.1 Å². The van der Waals surface area contributed by atoms with E-state index < -0.39 is 0 Å². The SMILES string of the molecule is N#Cc1c(-c2ccc(F)cc2)n2c3c(cccc13)C(=O)NCC2.O=C1NCCn2c(-c3ccc(F)cc3)c(/C=N/O)c3cccc1c32. The fraction of sp³-hybridized carbons (Fsp3) is 0.111. The molecule has 0 unspecified atom stereocenters. The van der Waals surface area contributed by atoms with Crippen molar-refractivity contribution in [2.45, 2.75) is 13.1 Å². The molecule has 9 nitrogen and oxygen atoms in total. The smallest absolute Gasteiger partial charge is 0.253 e. The fourth-order valence-corrected chi connectivity index (χ4v) is 6.54. The van der Waals surface area contributed by atoms with Crippen molar-refractivity contribution in [2.75, 3.05) is 13.1 Å². The van der Waals surface area contributed by atoms with Gasteiger partial charge in [-0.1, -0.05) is 29.4 Å². The van der Waals surface area contributed by atoms with Gasteiger partial charge in [0.2, 0.25) is 0 Å². The second-order valence-corrected chi connectivity index (χ2v) is 11.1. The molecule has 2 aliphatic rings. The standard InChI is InChI=1S/C18H14FN3O2.C18H12FN3O/c19-12-6-4-11(5-7-12)16-15(10-21-24)13-2-1-3-14-17(13)22(16)9-8-20-18(14)23;19-12-6-4-11(5-7-12)16-15(10-20)13-2-1-3-14-17(13)22(16)9-8-21-18(14)23/h1-7,10,24H,8-9H2,(H,20,23);1-7H,8-9H2,(H,21,23)/b21-10+;. The molecular weight excluding hydrogens is 602 g/mol. The Morgan fingerprint density at radius 3 is 1.74 bits per heavy atom. The van der Waals surface area contributed by atoms with Gasteiger partial charge in [0, 0.05) is 42.5 Å². The van der Waals surface area contributed by atoms with E-state index in [0.29, 0.717) is 48.4 Å². The molecule has 2 amide bonds. The number of nitriles is 1. The van der Waals surface area contributed by atoms with Gasteiger partial charge in [0.25, 0.3) is 11.8 Å². The lowest BCUT2D eigenvalue weighted by molar-refractivity contribution is 0.0948. The Balaban J connectivity index is 0.000000150. The lowest BCUT2D eigenvalue weighted by atomic mass is 10.0. The van der Waals surface area contributed by atoms with Crippen molar-refractivity contribution in [2.24, 2.45) is 5.16 Å². The Labute approximate surface area is 267 Å². The first kappa shape index (κ1) is 29.4. The maximum absolute atomic E-state index is 13.3. The van der Waals surface area contributed by atoms with Crippen LogP contribution in [0.5, 0.6) is 0 Å². The van der Waals surface area contributed by atoms with Gasteiger partial charge in [0.1, 0.15) is 17.7 Å². The number of benzene rings is 4. The highest BCUT2D eigenvalue weighted by atomic mass is 19.1. The number of hydrogen-bond acceptors (Lipinski definition) is 5. The van der Waals surface area contributed by atoms with Gasteiger partial charge in [-0.25, -0.2) is 8.78 Å². The van der Waals surface area contributed by atoms with Crippen LogP contribution in [0.3, 0.4) is 0 Å². The number of carbonyl (C=O) groups excluding carboxylic acids is 2. The molecule has 0 bridgehead atoms. The Morgan fingerprint density at radius 1 is 0.723 bits per heavy atom.